The second-order valence-corrected chi connectivity index (χ2v) is 8.76. The summed E-state index contributed by atoms with van der Waals surface area (Å²) in [6.07, 6.45) is 3.97. The average molecular weight is 449 g/mol. The van der Waals surface area contributed by atoms with Crippen LogP contribution in [0.3, 0.4) is 0 Å². The maximum absolute atomic E-state index is 12.8. The Kier molecular flexibility index (Phi) is 6.74. The van der Waals surface area contributed by atoms with Crippen molar-refractivity contribution in [2.75, 3.05) is 25.6 Å². The molecule has 0 aliphatic carbocycles. The van der Waals surface area contributed by atoms with E-state index < -0.39 is 0 Å². The molecule has 4 rings (SSSR count). The number of carbonyl (C=O) groups excluding carboxylic acids is 1. The monoisotopic (exact) mass is 448 g/mol. The normalized spacial score (nSPS) is 13.5. The molecule has 8 heteroatoms. The molecule has 33 heavy (non-hydrogen) atoms. The number of amides is 1. The van der Waals surface area contributed by atoms with Gasteiger partial charge in [-0.2, -0.15) is 5.10 Å². The highest BCUT2D eigenvalue weighted by molar-refractivity contribution is 5.95. The third-order valence-electron chi connectivity index (χ3n) is 6.11. The predicted molar refractivity (Wildman–Crippen MR) is 127 cm³/mol. The molecule has 3 heterocycles. The van der Waals surface area contributed by atoms with Crippen LogP contribution < -0.4 is 9.64 Å². The Morgan fingerprint density at radius 1 is 1.12 bits per heavy atom. The third-order valence-corrected chi connectivity index (χ3v) is 6.11. The molecule has 0 bridgehead atoms. The van der Waals surface area contributed by atoms with Crippen LogP contribution in [0, 0.1) is 13.8 Å². The molecule has 0 fully saturated rings. The summed E-state index contributed by atoms with van der Waals surface area (Å²) in [6.45, 7) is 5.98. The zero-order valence-corrected chi connectivity index (χ0v) is 20.1. The van der Waals surface area contributed by atoms with Crippen molar-refractivity contribution >= 4 is 11.7 Å². The lowest BCUT2D eigenvalue weighted by atomic mass is 10.0. The minimum absolute atomic E-state index is 0.119. The first-order valence-electron chi connectivity index (χ1n) is 11.3. The Morgan fingerprint density at radius 3 is 2.67 bits per heavy atom. The van der Waals surface area contributed by atoms with Crippen LogP contribution in [-0.2, 0) is 37.8 Å². The molecule has 0 unspecified atom stereocenters. The van der Waals surface area contributed by atoms with E-state index in [0.29, 0.717) is 25.9 Å². The molecule has 1 aromatic carbocycles. The van der Waals surface area contributed by atoms with Gasteiger partial charge in [-0.25, -0.2) is 9.97 Å². The van der Waals surface area contributed by atoms with Gasteiger partial charge < -0.3 is 4.74 Å². The van der Waals surface area contributed by atoms with E-state index in [1.54, 1.807) is 7.11 Å². The summed E-state index contributed by atoms with van der Waals surface area (Å²) in [5.41, 5.74) is 5.38. The van der Waals surface area contributed by atoms with Crippen molar-refractivity contribution in [2.45, 2.75) is 46.2 Å². The van der Waals surface area contributed by atoms with Crippen LogP contribution in [0.5, 0.6) is 5.75 Å². The van der Waals surface area contributed by atoms with Crippen molar-refractivity contribution in [1.82, 2.24) is 24.6 Å². The van der Waals surface area contributed by atoms with Gasteiger partial charge in [0.25, 0.3) is 0 Å². The Bertz CT molecular complexity index is 1160. The van der Waals surface area contributed by atoms with E-state index in [4.69, 9.17) is 14.7 Å². The van der Waals surface area contributed by atoms with E-state index in [2.05, 4.69) is 23.1 Å². The lowest BCUT2D eigenvalue weighted by Gasteiger charge is -2.30. The quantitative estimate of drug-likeness (QED) is 0.527. The summed E-state index contributed by atoms with van der Waals surface area (Å²) in [4.78, 5) is 26.5. The number of aromatic nitrogens is 4. The number of methoxy groups -OCH3 is 1. The third kappa shape index (κ3) is 5.22. The van der Waals surface area contributed by atoms with E-state index in [1.165, 1.54) is 5.56 Å². The van der Waals surface area contributed by atoms with Gasteiger partial charge in [-0.3, -0.25) is 19.3 Å². The average Bonchev–Trinajstić information content (AvgIpc) is 3.09. The van der Waals surface area contributed by atoms with Crippen LogP contribution in [0.1, 0.15) is 40.3 Å². The minimum atomic E-state index is 0.119. The molecule has 0 saturated heterocycles. The number of benzene rings is 1. The Labute approximate surface area is 195 Å². The molecule has 0 spiro atoms. The lowest BCUT2D eigenvalue weighted by molar-refractivity contribution is -0.118. The summed E-state index contributed by atoms with van der Waals surface area (Å²) in [6, 6.07) is 7.98. The van der Waals surface area contributed by atoms with Crippen molar-refractivity contribution in [3.8, 4) is 5.75 Å². The first-order chi connectivity index (χ1) is 15.8. The van der Waals surface area contributed by atoms with Gasteiger partial charge in [0.2, 0.25) is 5.91 Å². The number of fused-ring (bicyclic) bond motifs is 1. The number of aryl methyl sites for hydroxylation is 3. The molecule has 8 nitrogen and oxygen atoms in total. The zero-order chi connectivity index (χ0) is 23.5. The van der Waals surface area contributed by atoms with E-state index in [-0.39, 0.29) is 5.91 Å². The van der Waals surface area contributed by atoms with Crippen molar-refractivity contribution in [1.29, 1.82) is 0 Å². The van der Waals surface area contributed by atoms with Crippen LogP contribution >= 0.6 is 0 Å². The van der Waals surface area contributed by atoms with Gasteiger partial charge in [-0.1, -0.05) is 12.1 Å². The molecule has 0 atom stereocenters. The smallest absolute Gasteiger partial charge is 0.228 e. The van der Waals surface area contributed by atoms with Crippen molar-refractivity contribution in [3.63, 3.8) is 0 Å². The van der Waals surface area contributed by atoms with E-state index >= 15 is 0 Å². The highest BCUT2D eigenvalue weighted by atomic mass is 16.5. The number of ether oxygens (including phenoxy) is 1. The molecule has 0 radical (unpaired) electrons. The van der Waals surface area contributed by atoms with Gasteiger partial charge in [-0.05, 0) is 51.4 Å². The molecule has 0 N–H and O–H groups in total. The van der Waals surface area contributed by atoms with Crippen LogP contribution in [0.25, 0.3) is 0 Å². The molecule has 1 amide bonds. The molecular formula is C25H32N6O2. The number of nitrogens with zero attached hydrogens (tertiary/aromatic N) is 6. The molecule has 0 saturated carbocycles. The Morgan fingerprint density at radius 2 is 1.94 bits per heavy atom. The Hall–Kier alpha value is -3.26. The first-order valence-corrected chi connectivity index (χ1v) is 11.3. The van der Waals surface area contributed by atoms with Gasteiger partial charge in [0, 0.05) is 49.6 Å². The molecule has 1 aliphatic heterocycles. The molecule has 2 aromatic heterocycles. The van der Waals surface area contributed by atoms with Crippen molar-refractivity contribution in [2.24, 2.45) is 7.05 Å². The number of hydrogen-bond donors (Lipinski definition) is 0. The molecular weight excluding hydrogens is 416 g/mol. The highest BCUT2D eigenvalue weighted by Gasteiger charge is 2.28. The molecule has 3 aromatic rings. The molecule has 1 aliphatic rings. The second kappa shape index (κ2) is 9.70. The van der Waals surface area contributed by atoms with Crippen LogP contribution in [0.2, 0.25) is 0 Å². The standard InChI is InChI=1S/C25H32N6O2/c1-17-20(15-30(4)28-17)14-29(3)16-23-26-18(2)22-9-10-24(32)31(25(22)27-23)12-11-19-7-6-8-21(13-19)33-5/h6-8,13,15H,9-12,14,16H2,1-5H3. The number of carbonyl (C=O) groups is 1. The maximum atomic E-state index is 12.8. The van der Waals surface area contributed by atoms with Crippen molar-refractivity contribution < 1.29 is 9.53 Å². The van der Waals surface area contributed by atoms with Gasteiger partial charge in [0.1, 0.15) is 17.4 Å². The first kappa shape index (κ1) is 22.9. The molecule has 174 valence electrons. The van der Waals surface area contributed by atoms with E-state index in [0.717, 1.165) is 52.9 Å². The summed E-state index contributed by atoms with van der Waals surface area (Å²) in [7, 11) is 5.65. The zero-order valence-electron chi connectivity index (χ0n) is 20.1. The topological polar surface area (TPSA) is 76.4 Å². The van der Waals surface area contributed by atoms with Crippen LogP contribution in [0.4, 0.5) is 5.82 Å². The summed E-state index contributed by atoms with van der Waals surface area (Å²) < 4.78 is 7.17. The number of hydrogen-bond acceptors (Lipinski definition) is 6. The van der Waals surface area contributed by atoms with Crippen molar-refractivity contribution in [3.05, 3.63) is 64.4 Å². The SMILES string of the molecule is COc1cccc(CCN2C(=O)CCc3c(C)nc(CN(C)Cc4cn(C)nc4C)nc32)c1. The maximum Gasteiger partial charge on any atom is 0.228 e. The fourth-order valence-electron chi connectivity index (χ4n) is 4.40. The number of rotatable bonds is 8. The summed E-state index contributed by atoms with van der Waals surface area (Å²) in [5, 5.41) is 4.42. The summed E-state index contributed by atoms with van der Waals surface area (Å²) >= 11 is 0. The Balaban J connectivity index is 1.52. The minimum Gasteiger partial charge on any atom is -0.497 e. The van der Waals surface area contributed by atoms with Gasteiger partial charge >= 0.3 is 0 Å². The predicted octanol–water partition coefficient (Wildman–Crippen LogP) is 2.99. The van der Waals surface area contributed by atoms with E-state index in [9.17, 15) is 4.79 Å². The van der Waals surface area contributed by atoms with Gasteiger partial charge in [0.15, 0.2) is 0 Å². The van der Waals surface area contributed by atoms with Crippen LogP contribution in [0.15, 0.2) is 30.5 Å². The number of anilines is 1. The second-order valence-electron chi connectivity index (χ2n) is 8.76. The lowest BCUT2D eigenvalue weighted by Crippen LogP contribution is -2.38. The van der Waals surface area contributed by atoms with Gasteiger partial charge in [-0.15, -0.1) is 0 Å². The fourth-order valence-corrected chi connectivity index (χ4v) is 4.40. The van der Waals surface area contributed by atoms with Gasteiger partial charge in [0.05, 0.1) is 19.3 Å². The van der Waals surface area contributed by atoms with E-state index in [1.807, 2.05) is 54.9 Å². The highest BCUT2D eigenvalue weighted by Crippen LogP contribution is 2.28. The van der Waals surface area contributed by atoms with Crippen LogP contribution in [-0.4, -0.2) is 51.3 Å². The summed E-state index contributed by atoms with van der Waals surface area (Å²) in [5.74, 6) is 2.44. The fraction of sp³-hybridized carbons (Fsp3) is 0.440. The largest absolute Gasteiger partial charge is 0.497 e.